The zero-order chi connectivity index (χ0) is 13.7. The molecule has 1 unspecified atom stereocenters. The molecule has 1 heterocycles. The molecule has 0 aliphatic rings. The molecule has 0 spiro atoms. The van der Waals surface area contributed by atoms with Crippen molar-refractivity contribution in [3.8, 4) is 0 Å². The van der Waals surface area contributed by atoms with Gasteiger partial charge in [0.15, 0.2) is 0 Å². The Morgan fingerprint density at radius 1 is 1.26 bits per heavy atom. The van der Waals surface area contributed by atoms with Crippen LogP contribution >= 0.6 is 22.9 Å². The zero-order valence-corrected chi connectivity index (χ0v) is 13.0. The van der Waals surface area contributed by atoms with Crippen LogP contribution in [-0.4, -0.2) is 6.54 Å². The molecule has 19 heavy (non-hydrogen) atoms. The van der Waals surface area contributed by atoms with E-state index in [0.717, 1.165) is 24.4 Å². The van der Waals surface area contributed by atoms with Crippen molar-refractivity contribution >= 4 is 22.9 Å². The molecule has 1 aromatic carbocycles. The number of rotatable bonds is 6. The summed E-state index contributed by atoms with van der Waals surface area (Å²) in [4.78, 5) is 1.46. The molecular weight excluding hydrogens is 274 g/mol. The second kappa shape index (κ2) is 7.09. The molecular formula is C16H20ClNS. The summed E-state index contributed by atoms with van der Waals surface area (Å²) in [5.74, 6) is 0. The molecule has 3 heteroatoms. The van der Waals surface area contributed by atoms with Crippen LogP contribution in [0.15, 0.2) is 35.7 Å². The highest BCUT2D eigenvalue weighted by molar-refractivity contribution is 7.10. The Hall–Kier alpha value is -0.830. The fraction of sp³-hybridized carbons (Fsp3) is 0.375. The summed E-state index contributed by atoms with van der Waals surface area (Å²) in [7, 11) is 0. The third-order valence-corrected chi connectivity index (χ3v) is 4.57. The van der Waals surface area contributed by atoms with Crippen molar-refractivity contribution < 1.29 is 0 Å². The van der Waals surface area contributed by atoms with Crippen LogP contribution in [0.1, 0.15) is 35.9 Å². The standard InChI is InChI=1S/C16H20ClNS/c1-3-13-8-9-19-16(13)15(18-4-2)11-12-6-5-7-14(17)10-12/h5-10,15,18H,3-4,11H2,1-2H3. The van der Waals surface area contributed by atoms with E-state index in [1.54, 1.807) is 0 Å². The van der Waals surface area contributed by atoms with Crippen LogP contribution in [-0.2, 0) is 12.8 Å². The molecule has 0 radical (unpaired) electrons. The monoisotopic (exact) mass is 293 g/mol. The Kier molecular flexibility index (Phi) is 5.44. The molecule has 1 nitrogen and oxygen atoms in total. The van der Waals surface area contributed by atoms with Gasteiger partial charge in [-0.3, -0.25) is 0 Å². The van der Waals surface area contributed by atoms with Gasteiger partial charge >= 0.3 is 0 Å². The first-order valence-electron chi connectivity index (χ1n) is 6.78. The molecule has 2 rings (SSSR count). The minimum absolute atomic E-state index is 0.387. The number of benzene rings is 1. The number of halogens is 1. The average Bonchev–Trinajstić information content (AvgIpc) is 2.86. The molecule has 0 saturated heterocycles. The van der Waals surface area contributed by atoms with Crippen molar-refractivity contribution in [1.29, 1.82) is 0 Å². The Morgan fingerprint density at radius 3 is 2.79 bits per heavy atom. The predicted molar refractivity (Wildman–Crippen MR) is 85.3 cm³/mol. The van der Waals surface area contributed by atoms with Gasteiger partial charge in [0, 0.05) is 15.9 Å². The number of aryl methyl sites for hydroxylation is 1. The summed E-state index contributed by atoms with van der Waals surface area (Å²) >= 11 is 7.92. The second-order valence-corrected chi connectivity index (χ2v) is 5.99. The van der Waals surface area contributed by atoms with Crippen molar-refractivity contribution in [3.05, 3.63) is 56.7 Å². The first kappa shape index (κ1) is 14.6. The van der Waals surface area contributed by atoms with Gasteiger partial charge in [0.2, 0.25) is 0 Å². The number of hydrogen-bond donors (Lipinski definition) is 1. The van der Waals surface area contributed by atoms with E-state index >= 15 is 0 Å². The molecule has 2 aromatic rings. The molecule has 0 fully saturated rings. The number of hydrogen-bond acceptors (Lipinski definition) is 2. The van der Waals surface area contributed by atoms with Gasteiger partial charge in [-0.05, 0) is 54.1 Å². The molecule has 0 aliphatic carbocycles. The average molecular weight is 294 g/mol. The lowest BCUT2D eigenvalue weighted by Crippen LogP contribution is -2.23. The highest BCUT2D eigenvalue weighted by Gasteiger charge is 2.15. The Labute approximate surface area is 124 Å². The molecule has 1 atom stereocenters. The fourth-order valence-electron chi connectivity index (χ4n) is 2.35. The molecule has 1 N–H and O–H groups in total. The summed E-state index contributed by atoms with van der Waals surface area (Å²) in [5.41, 5.74) is 2.74. The SMILES string of the molecule is CCNC(Cc1cccc(Cl)c1)c1sccc1CC. The van der Waals surface area contributed by atoms with E-state index in [0.29, 0.717) is 6.04 Å². The molecule has 0 aliphatic heterocycles. The van der Waals surface area contributed by atoms with Crippen molar-refractivity contribution in [2.45, 2.75) is 32.7 Å². The topological polar surface area (TPSA) is 12.0 Å². The Bertz CT molecular complexity index is 521. The van der Waals surface area contributed by atoms with E-state index in [1.807, 2.05) is 23.5 Å². The van der Waals surface area contributed by atoms with Crippen LogP contribution in [0.4, 0.5) is 0 Å². The van der Waals surface area contributed by atoms with Gasteiger partial charge in [0.1, 0.15) is 0 Å². The van der Waals surface area contributed by atoms with Gasteiger partial charge in [-0.25, -0.2) is 0 Å². The van der Waals surface area contributed by atoms with Crippen LogP contribution in [0.2, 0.25) is 5.02 Å². The van der Waals surface area contributed by atoms with Crippen LogP contribution in [0.25, 0.3) is 0 Å². The van der Waals surface area contributed by atoms with Gasteiger partial charge < -0.3 is 5.32 Å². The lowest BCUT2D eigenvalue weighted by atomic mass is 10.0. The first-order valence-corrected chi connectivity index (χ1v) is 8.04. The molecule has 1 aromatic heterocycles. The largest absolute Gasteiger partial charge is 0.309 e. The Morgan fingerprint density at radius 2 is 2.11 bits per heavy atom. The van der Waals surface area contributed by atoms with Crippen LogP contribution in [0, 0.1) is 0 Å². The van der Waals surface area contributed by atoms with Crippen LogP contribution in [0.3, 0.4) is 0 Å². The van der Waals surface area contributed by atoms with Gasteiger partial charge in [-0.15, -0.1) is 11.3 Å². The predicted octanol–water partition coefficient (Wildman–Crippen LogP) is 4.86. The van der Waals surface area contributed by atoms with Gasteiger partial charge in [-0.2, -0.15) is 0 Å². The summed E-state index contributed by atoms with van der Waals surface area (Å²) in [6, 6.07) is 10.8. The minimum atomic E-state index is 0.387. The summed E-state index contributed by atoms with van der Waals surface area (Å²) < 4.78 is 0. The normalized spacial score (nSPS) is 12.6. The third-order valence-electron chi connectivity index (χ3n) is 3.26. The molecule has 0 bridgehead atoms. The van der Waals surface area contributed by atoms with Crippen LogP contribution < -0.4 is 5.32 Å². The number of nitrogens with one attached hydrogen (secondary N) is 1. The van der Waals surface area contributed by atoms with E-state index < -0.39 is 0 Å². The maximum absolute atomic E-state index is 6.07. The Balaban J connectivity index is 2.21. The quantitative estimate of drug-likeness (QED) is 0.802. The fourth-order valence-corrected chi connectivity index (χ4v) is 3.64. The molecule has 0 saturated carbocycles. The van der Waals surface area contributed by atoms with E-state index in [4.69, 9.17) is 11.6 Å². The maximum atomic E-state index is 6.07. The maximum Gasteiger partial charge on any atom is 0.0458 e. The van der Waals surface area contributed by atoms with Gasteiger partial charge in [-0.1, -0.05) is 37.6 Å². The molecule has 0 amide bonds. The third kappa shape index (κ3) is 3.82. The number of thiophene rings is 1. The highest BCUT2D eigenvalue weighted by atomic mass is 35.5. The van der Waals surface area contributed by atoms with E-state index in [2.05, 4.69) is 42.7 Å². The lowest BCUT2D eigenvalue weighted by molar-refractivity contribution is 0.555. The summed E-state index contributed by atoms with van der Waals surface area (Å²) in [6.45, 7) is 5.35. The van der Waals surface area contributed by atoms with E-state index in [1.165, 1.54) is 16.0 Å². The lowest BCUT2D eigenvalue weighted by Gasteiger charge is -2.18. The van der Waals surface area contributed by atoms with Crippen LogP contribution in [0.5, 0.6) is 0 Å². The van der Waals surface area contributed by atoms with E-state index in [9.17, 15) is 0 Å². The second-order valence-electron chi connectivity index (χ2n) is 4.61. The summed E-state index contributed by atoms with van der Waals surface area (Å²) in [5, 5.41) is 6.60. The number of likely N-dealkylation sites (N-methyl/N-ethyl adjacent to an activating group) is 1. The van der Waals surface area contributed by atoms with Gasteiger partial charge in [0.05, 0.1) is 0 Å². The minimum Gasteiger partial charge on any atom is -0.309 e. The van der Waals surface area contributed by atoms with Crippen molar-refractivity contribution in [2.24, 2.45) is 0 Å². The first-order chi connectivity index (χ1) is 9.24. The zero-order valence-electron chi connectivity index (χ0n) is 11.4. The van der Waals surface area contributed by atoms with Gasteiger partial charge in [0.25, 0.3) is 0 Å². The smallest absolute Gasteiger partial charge is 0.0458 e. The highest BCUT2D eigenvalue weighted by Crippen LogP contribution is 2.28. The van der Waals surface area contributed by atoms with Crippen molar-refractivity contribution in [1.82, 2.24) is 5.32 Å². The molecule has 102 valence electrons. The van der Waals surface area contributed by atoms with Crippen molar-refractivity contribution in [3.63, 3.8) is 0 Å². The van der Waals surface area contributed by atoms with E-state index in [-0.39, 0.29) is 0 Å². The summed E-state index contributed by atoms with van der Waals surface area (Å²) in [6.07, 6.45) is 2.08. The van der Waals surface area contributed by atoms with Crippen molar-refractivity contribution in [2.75, 3.05) is 6.54 Å².